The number of anilines is 2. The summed E-state index contributed by atoms with van der Waals surface area (Å²) in [4.78, 5) is 17.7. The average Bonchev–Trinajstić information content (AvgIpc) is 2.94. The maximum Gasteiger partial charge on any atom is 0.339 e. The normalized spacial score (nSPS) is 17.1. The number of piperazine rings is 1. The molecule has 2 amide bonds. The molecule has 2 heterocycles. The van der Waals surface area contributed by atoms with Gasteiger partial charge in [-0.05, 0) is 34.0 Å². The number of carbonyl (C=O) groups excluding carboxylic acids is 1. The second kappa shape index (κ2) is 9.94. The van der Waals surface area contributed by atoms with E-state index in [0.717, 1.165) is 39.3 Å². The molecule has 0 bridgehead atoms. The molecule has 2 aliphatic heterocycles. The van der Waals surface area contributed by atoms with E-state index in [2.05, 4.69) is 5.32 Å². The van der Waals surface area contributed by atoms with Gasteiger partial charge in [0.15, 0.2) is 0 Å². The van der Waals surface area contributed by atoms with E-state index >= 15 is 0 Å². The summed E-state index contributed by atoms with van der Waals surface area (Å²) in [5, 5.41) is 5.60. The fourth-order valence-electron chi connectivity index (χ4n) is 5.28. The van der Waals surface area contributed by atoms with Crippen molar-refractivity contribution in [3.63, 3.8) is 0 Å². The molecule has 0 atom stereocenters. The highest BCUT2D eigenvalue weighted by Crippen LogP contribution is 2.44. The third-order valence-electron chi connectivity index (χ3n) is 7.13. The Hall–Kier alpha value is -3.59. The Morgan fingerprint density at radius 2 is 1.50 bits per heavy atom. The molecule has 0 saturated carbocycles. The molecule has 1 fully saturated rings. The molecular formula is C29H27ClN4O3S. The van der Waals surface area contributed by atoms with Crippen LogP contribution in [0.4, 0.5) is 16.2 Å². The number of hydrogen-bond donors (Lipinski definition) is 1. The topological polar surface area (TPSA) is 73.0 Å². The van der Waals surface area contributed by atoms with Crippen molar-refractivity contribution in [3.05, 3.63) is 101 Å². The number of carbonyl (C=O) groups is 1. The highest BCUT2D eigenvalue weighted by molar-refractivity contribution is 7.90. The van der Waals surface area contributed by atoms with Gasteiger partial charge in [0.2, 0.25) is 0 Å². The van der Waals surface area contributed by atoms with Crippen LogP contribution in [-0.4, -0.2) is 44.9 Å². The van der Waals surface area contributed by atoms with Gasteiger partial charge in [-0.3, -0.25) is 4.90 Å². The van der Waals surface area contributed by atoms with E-state index in [9.17, 15) is 13.2 Å². The SMILES string of the molecule is O=C1N(Cc2ccccc2)c2cc(Cl)cc(N3CCNCC3)c2S(=O)(=O)N1Cc1cccc2ccccc12. The first kappa shape index (κ1) is 24.7. The summed E-state index contributed by atoms with van der Waals surface area (Å²) < 4.78 is 29.7. The van der Waals surface area contributed by atoms with Crippen LogP contribution in [0.2, 0.25) is 5.02 Å². The largest absolute Gasteiger partial charge is 0.368 e. The lowest BCUT2D eigenvalue weighted by Gasteiger charge is -2.40. The van der Waals surface area contributed by atoms with Crippen LogP contribution in [-0.2, 0) is 23.1 Å². The molecule has 1 N–H and O–H groups in total. The van der Waals surface area contributed by atoms with E-state index in [-0.39, 0.29) is 18.0 Å². The number of rotatable bonds is 5. The Balaban J connectivity index is 1.53. The van der Waals surface area contributed by atoms with E-state index in [1.165, 1.54) is 4.90 Å². The number of sulfonamides is 1. The lowest BCUT2D eigenvalue weighted by Crippen LogP contribution is -2.51. The number of halogens is 1. The Bertz CT molecular complexity index is 1620. The van der Waals surface area contributed by atoms with Crippen LogP contribution in [0.3, 0.4) is 0 Å². The zero-order valence-corrected chi connectivity index (χ0v) is 22.3. The predicted molar refractivity (Wildman–Crippen MR) is 151 cm³/mol. The van der Waals surface area contributed by atoms with Gasteiger partial charge in [0.05, 0.1) is 24.5 Å². The van der Waals surface area contributed by atoms with Gasteiger partial charge in [0.1, 0.15) is 4.90 Å². The summed E-state index contributed by atoms with van der Waals surface area (Å²) in [5.41, 5.74) is 2.50. The maximum absolute atomic E-state index is 14.3. The minimum Gasteiger partial charge on any atom is -0.368 e. The van der Waals surface area contributed by atoms with Crippen molar-refractivity contribution in [3.8, 4) is 0 Å². The second-order valence-corrected chi connectivity index (χ2v) is 11.8. The van der Waals surface area contributed by atoms with Crippen molar-refractivity contribution >= 4 is 49.8 Å². The first-order valence-corrected chi connectivity index (χ1v) is 14.4. The van der Waals surface area contributed by atoms with Crippen molar-refractivity contribution in [1.82, 2.24) is 9.62 Å². The molecule has 6 rings (SSSR count). The molecular weight excluding hydrogens is 520 g/mol. The number of hydrogen-bond acceptors (Lipinski definition) is 5. The minimum absolute atomic E-state index is 0.0725. The summed E-state index contributed by atoms with van der Waals surface area (Å²) in [6.45, 7) is 2.88. The van der Waals surface area contributed by atoms with Crippen molar-refractivity contribution in [1.29, 1.82) is 0 Å². The van der Waals surface area contributed by atoms with E-state index in [0.29, 0.717) is 29.5 Å². The zero-order valence-electron chi connectivity index (χ0n) is 20.7. The Labute approximate surface area is 227 Å². The molecule has 194 valence electrons. The standard InChI is InChI=1S/C29H27ClN4O3S/c30-24-17-26(32-15-13-31-14-16-32)28-27(18-24)33(19-21-7-2-1-3-8-21)29(35)34(38(28,36)37)20-23-11-6-10-22-9-4-5-12-25(22)23/h1-12,17-18,31H,13-16,19-20H2. The third-order valence-corrected chi connectivity index (χ3v) is 9.15. The van der Waals surface area contributed by atoms with E-state index in [4.69, 9.17) is 11.6 Å². The number of amides is 2. The molecule has 7 nitrogen and oxygen atoms in total. The smallest absolute Gasteiger partial charge is 0.339 e. The Kier molecular flexibility index (Phi) is 6.47. The van der Waals surface area contributed by atoms with Crippen LogP contribution in [0.5, 0.6) is 0 Å². The molecule has 1 saturated heterocycles. The third kappa shape index (κ3) is 4.38. The molecule has 0 radical (unpaired) electrons. The molecule has 4 aromatic rings. The summed E-state index contributed by atoms with van der Waals surface area (Å²) in [7, 11) is -4.20. The van der Waals surface area contributed by atoms with Crippen LogP contribution >= 0.6 is 11.6 Å². The first-order chi connectivity index (χ1) is 18.4. The molecule has 38 heavy (non-hydrogen) atoms. The molecule has 0 aliphatic carbocycles. The van der Waals surface area contributed by atoms with Crippen molar-refractivity contribution in [2.75, 3.05) is 36.0 Å². The van der Waals surface area contributed by atoms with Crippen LogP contribution in [0.25, 0.3) is 10.8 Å². The molecule has 0 unspecified atom stereocenters. The van der Waals surface area contributed by atoms with Crippen molar-refractivity contribution < 1.29 is 13.2 Å². The van der Waals surface area contributed by atoms with Crippen molar-refractivity contribution in [2.45, 2.75) is 18.0 Å². The second-order valence-electron chi connectivity index (χ2n) is 9.51. The summed E-state index contributed by atoms with van der Waals surface area (Å²) in [5.74, 6) is 0. The number of nitrogens with zero attached hydrogens (tertiary/aromatic N) is 3. The molecule has 2 aliphatic rings. The van der Waals surface area contributed by atoms with Gasteiger partial charge in [-0.25, -0.2) is 17.5 Å². The Morgan fingerprint density at radius 3 is 2.29 bits per heavy atom. The quantitative estimate of drug-likeness (QED) is 0.371. The van der Waals surface area contributed by atoms with E-state index in [1.54, 1.807) is 12.1 Å². The number of urea groups is 1. The molecule has 4 aromatic carbocycles. The maximum atomic E-state index is 14.3. The van der Waals surface area contributed by atoms with Crippen LogP contribution in [0.15, 0.2) is 89.8 Å². The van der Waals surface area contributed by atoms with Gasteiger partial charge < -0.3 is 10.2 Å². The summed E-state index contributed by atoms with van der Waals surface area (Å²) in [6.07, 6.45) is 0. The number of benzene rings is 4. The average molecular weight is 547 g/mol. The molecule has 0 spiro atoms. The monoisotopic (exact) mass is 546 g/mol. The fourth-order valence-corrected chi connectivity index (χ4v) is 7.20. The number of fused-ring (bicyclic) bond motifs is 2. The van der Waals surface area contributed by atoms with Crippen LogP contribution < -0.4 is 15.1 Å². The van der Waals surface area contributed by atoms with Gasteiger partial charge in [-0.2, -0.15) is 0 Å². The summed E-state index contributed by atoms with van der Waals surface area (Å²) >= 11 is 6.55. The van der Waals surface area contributed by atoms with Gasteiger partial charge in [0, 0.05) is 31.2 Å². The van der Waals surface area contributed by atoms with Gasteiger partial charge >= 0.3 is 6.03 Å². The highest BCUT2D eigenvalue weighted by Gasteiger charge is 2.44. The minimum atomic E-state index is -4.20. The highest BCUT2D eigenvalue weighted by atomic mass is 35.5. The van der Waals surface area contributed by atoms with Gasteiger partial charge in [-0.15, -0.1) is 0 Å². The fraction of sp³-hybridized carbons (Fsp3) is 0.207. The van der Waals surface area contributed by atoms with E-state index < -0.39 is 16.1 Å². The molecule has 9 heteroatoms. The van der Waals surface area contributed by atoms with Crippen molar-refractivity contribution in [2.24, 2.45) is 0 Å². The van der Waals surface area contributed by atoms with Crippen LogP contribution in [0.1, 0.15) is 11.1 Å². The van der Waals surface area contributed by atoms with E-state index in [1.807, 2.05) is 77.7 Å². The predicted octanol–water partition coefficient (Wildman–Crippen LogP) is 5.23. The first-order valence-electron chi connectivity index (χ1n) is 12.6. The lowest BCUT2D eigenvalue weighted by molar-refractivity contribution is 0.226. The molecule has 0 aromatic heterocycles. The lowest BCUT2D eigenvalue weighted by atomic mass is 10.0. The number of nitrogens with one attached hydrogen (secondary N) is 1. The van der Waals surface area contributed by atoms with Gasteiger partial charge in [0.25, 0.3) is 10.0 Å². The zero-order chi connectivity index (χ0) is 26.3. The summed E-state index contributed by atoms with van der Waals surface area (Å²) in [6, 6.07) is 25.8. The Morgan fingerprint density at radius 1 is 0.816 bits per heavy atom. The van der Waals surface area contributed by atoms with Crippen LogP contribution in [0, 0.1) is 0 Å². The van der Waals surface area contributed by atoms with Gasteiger partial charge in [-0.1, -0.05) is 84.4 Å².